The molecule has 0 aliphatic carbocycles. The molecule has 0 amide bonds. The first kappa shape index (κ1) is 21.9. The second-order valence-electron chi connectivity index (χ2n) is 4.70. The standard InChI is InChI=1S/C14H24N4O3S.HI/c1-4-18(22(3,19)20)11-7-10-16-14(15)17-12-8-5-6-9-13(12)21-2;/h5-6,8-9H,4,7,10-11H2,1-3H3,(H3,15,16,17);1H. The quantitative estimate of drug-likeness (QED) is 0.269. The van der Waals surface area contributed by atoms with Gasteiger partial charge >= 0.3 is 0 Å². The van der Waals surface area contributed by atoms with Gasteiger partial charge in [0.1, 0.15) is 5.75 Å². The average Bonchev–Trinajstić information content (AvgIpc) is 2.46. The Morgan fingerprint density at radius 3 is 2.61 bits per heavy atom. The molecule has 0 aromatic heterocycles. The smallest absolute Gasteiger partial charge is 0.211 e. The van der Waals surface area contributed by atoms with E-state index in [2.05, 4.69) is 10.3 Å². The van der Waals surface area contributed by atoms with Crippen LogP contribution < -0.4 is 15.8 Å². The highest BCUT2D eigenvalue weighted by atomic mass is 127. The molecular weight excluding hydrogens is 431 g/mol. The summed E-state index contributed by atoms with van der Waals surface area (Å²) in [6.07, 6.45) is 1.81. The van der Waals surface area contributed by atoms with Gasteiger partial charge in [0.05, 0.1) is 19.1 Å². The molecule has 0 aliphatic heterocycles. The van der Waals surface area contributed by atoms with E-state index in [0.29, 0.717) is 31.8 Å². The van der Waals surface area contributed by atoms with Gasteiger partial charge in [0.25, 0.3) is 0 Å². The Bertz CT molecular complexity index is 608. The Hall–Kier alpha value is -1.07. The molecular formula is C14H25IN4O3S. The maximum Gasteiger partial charge on any atom is 0.211 e. The summed E-state index contributed by atoms with van der Waals surface area (Å²) in [5, 5.41) is 2.96. The van der Waals surface area contributed by atoms with Crippen molar-refractivity contribution in [3.63, 3.8) is 0 Å². The van der Waals surface area contributed by atoms with E-state index in [9.17, 15) is 8.42 Å². The molecule has 0 saturated carbocycles. The van der Waals surface area contributed by atoms with Crippen LogP contribution in [0.25, 0.3) is 0 Å². The van der Waals surface area contributed by atoms with E-state index < -0.39 is 10.0 Å². The first-order valence-electron chi connectivity index (χ1n) is 7.03. The van der Waals surface area contributed by atoms with Crippen LogP contribution in [0.2, 0.25) is 0 Å². The normalized spacial score (nSPS) is 11.9. The van der Waals surface area contributed by atoms with E-state index >= 15 is 0 Å². The fourth-order valence-corrected chi connectivity index (χ4v) is 2.86. The Morgan fingerprint density at radius 1 is 1.39 bits per heavy atom. The summed E-state index contributed by atoms with van der Waals surface area (Å²) in [6.45, 7) is 3.14. The molecule has 0 bridgehead atoms. The van der Waals surface area contributed by atoms with Crippen molar-refractivity contribution >= 4 is 45.6 Å². The number of halogens is 1. The van der Waals surface area contributed by atoms with Crippen molar-refractivity contribution < 1.29 is 13.2 Å². The van der Waals surface area contributed by atoms with Crippen LogP contribution in [0.3, 0.4) is 0 Å². The molecule has 9 heteroatoms. The van der Waals surface area contributed by atoms with Gasteiger partial charge in [-0.25, -0.2) is 12.7 Å². The minimum atomic E-state index is -3.15. The molecule has 1 aromatic carbocycles. The highest BCUT2D eigenvalue weighted by Crippen LogP contribution is 2.22. The molecule has 0 fully saturated rings. The van der Waals surface area contributed by atoms with Crippen molar-refractivity contribution in [2.45, 2.75) is 13.3 Å². The number of nitrogens with one attached hydrogen (secondary N) is 1. The molecule has 0 atom stereocenters. The number of rotatable bonds is 8. The van der Waals surface area contributed by atoms with Crippen LogP contribution in [0.15, 0.2) is 29.3 Å². The monoisotopic (exact) mass is 456 g/mol. The van der Waals surface area contributed by atoms with Crippen LogP contribution in [0, 0.1) is 0 Å². The number of ether oxygens (including phenoxy) is 1. The van der Waals surface area contributed by atoms with Gasteiger partial charge in [-0.1, -0.05) is 19.1 Å². The van der Waals surface area contributed by atoms with Crippen LogP contribution in [-0.4, -0.2) is 51.7 Å². The second kappa shape index (κ2) is 10.7. The van der Waals surface area contributed by atoms with Gasteiger partial charge in [-0.15, -0.1) is 24.0 Å². The van der Waals surface area contributed by atoms with Crippen molar-refractivity contribution in [2.24, 2.45) is 10.7 Å². The van der Waals surface area contributed by atoms with Crippen molar-refractivity contribution in [2.75, 3.05) is 38.3 Å². The van der Waals surface area contributed by atoms with Crippen molar-refractivity contribution in [1.29, 1.82) is 0 Å². The van der Waals surface area contributed by atoms with Gasteiger partial charge < -0.3 is 15.8 Å². The predicted molar refractivity (Wildman–Crippen MR) is 105 cm³/mol. The molecule has 1 rings (SSSR count). The third-order valence-electron chi connectivity index (χ3n) is 3.04. The summed E-state index contributed by atoms with van der Waals surface area (Å²) in [5.41, 5.74) is 6.55. The largest absolute Gasteiger partial charge is 0.495 e. The lowest BCUT2D eigenvalue weighted by Gasteiger charge is -2.16. The Balaban J connectivity index is 0.00000484. The SMILES string of the molecule is CCN(CCCN=C(N)Nc1ccccc1OC)S(C)(=O)=O.I. The fraction of sp³-hybridized carbons (Fsp3) is 0.500. The number of sulfonamides is 1. The van der Waals surface area contributed by atoms with Crippen LogP contribution in [0.1, 0.15) is 13.3 Å². The molecule has 0 aliphatic rings. The first-order chi connectivity index (χ1) is 10.4. The summed E-state index contributed by atoms with van der Waals surface area (Å²) in [5.74, 6) is 0.946. The van der Waals surface area contributed by atoms with Gasteiger partial charge in [-0.2, -0.15) is 0 Å². The first-order valence-corrected chi connectivity index (χ1v) is 8.88. The van der Waals surface area contributed by atoms with E-state index in [1.807, 2.05) is 31.2 Å². The third-order valence-corrected chi connectivity index (χ3v) is 4.42. The topological polar surface area (TPSA) is 97.0 Å². The lowest BCUT2D eigenvalue weighted by Crippen LogP contribution is -2.31. The van der Waals surface area contributed by atoms with E-state index in [1.54, 1.807) is 7.11 Å². The van der Waals surface area contributed by atoms with Gasteiger partial charge in [0.15, 0.2) is 5.96 Å². The third kappa shape index (κ3) is 7.84. The molecule has 3 N–H and O–H groups in total. The molecule has 1 aromatic rings. The number of nitrogens with two attached hydrogens (primary N) is 1. The molecule has 0 unspecified atom stereocenters. The Kier molecular flexibility index (Phi) is 10.2. The van der Waals surface area contributed by atoms with Gasteiger partial charge in [0.2, 0.25) is 10.0 Å². The highest BCUT2D eigenvalue weighted by Gasteiger charge is 2.12. The molecule has 132 valence electrons. The van der Waals surface area contributed by atoms with E-state index in [4.69, 9.17) is 10.5 Å². The maximum atomic E-state index is 11.4. The lowest BCUT2D eigenvalue weighted by atomic mass is 10.3. The van der Waals surface area contributed by atoms with Crippen LogP contribution >= 0.6 is 24.0 Å². The molecule has 0 spiro atoms. The summed E-state index contributed by atoms with van der Waals surface area (Å²) in [7, 11) is -1.57. The van der Waals surface area contributed by atoms with E-state index in [0.717, 1.165) is 5.69 Å². The van der Waals surface area contributed by atoms with Crippen LogP contribution in [-0.2, 0) is 10.0 Å². The van der Waals surface area contributed by atoms with Crippen molar-refractivity contribution in [3.8, 4) is 5.75 Å². The number of para-hydroxylation sites is 2. The number of nitrogens with zero attached hydrogens (tertiary/aromatic N) is 2. The molecule has 0 saturated heterocycles. The number of methoxy groups -OCH3 is 1. The van der Waals surface area contributed by atoms with Gasteiger partial charge in [-0.3, -0.25) is 4.99 Å². The average molecular weight is 456 g/mol. The molecule has 23 heavy (non-hydrogen) atoms. The lowest BCUT2D eigenvalue weighted by molar-refractivity contribution is 0.417. The summed E-state index contributed by atoms with van der Waals surface area (Å²) < 4.78 is 29.5. The van der Waals surface area contributed by atoms with E-state index in [-0.39, 0.29) is 29.9 Å². The number of anilines is 1. The van der Waals surface area contributed by atoms with Gasteiger partial charge in [0, 0.05) is 19.6 Å². The molecule has 0 heterocycles. The zero-order chi connectivity index (χ0) is 16.6. The number of hydrogen-bond donors (Lipinski definition) is 2. The van der Waals surface area contributed by atoms with Crippen molar-refractivity contribution in [3.05, 3.63) is 24.3 Å². The van der Waals surface area contributed by atoms with E-state index in [1.165, 1.54) is 10.6 Å². The van der Waals surface area contributed by atoms with Crippen LogP contribution in [0.5, 0.6) is 5.75 Å². The number of hydrogen-bond acceptors (Lipinski definition) is 4. The summed E-state index contributed by atoms with van der Waals surface area (Å²) in [6, 6.07) is 7.38. The summed E-state index contributed by atoms with van der Waals surface area (Å²) in [4.78, 5) is 4.19. The fourth-order valence-electron chi connectivity index (χ4n) is 1.93. The minimum absolute atomic E-state index is 0. The minimum Gasteiger partial charge on any atom is -0.495 e. The Labute approximate surface area is 155 Å². The maximum absolute atomic E-state index is 11.4. The van der Waals surface area contributed by atoms with Gasteiger partial charge in [-0.05, 0) is 18.6 Å². The summed E-state index contributed by atoms with van der Waals surface area (Å²) >= 11 is 0. The highest BCUT2D eigenvalue weighted by molar-refractivity contribution is 14.0. The number of benzene rings is 1. The zero-order valence-corrected chi connectivity index (χ0v) is 16.8. The zero-order valence-electron chi connectivity index (χ0n) is 13.7. The van der Waals surface area contributed by atoms with Crippen LogP contribution in [0.4, 0.5) is 5.69 Å². The number of guanidine groups is 1. The molecule has 0 radical (unpaired) electrons. The number of aliphatic imine (C=N–C) groups is 1. The molecule has 7 nitrogen and oxygen atoms in total. The predicted octanol–water partition coefficient (Wildman–Crippen LogP) is 1.71. The Morgan fingerprint density at radius 2 is 2.04 bits per heavy atom. The van der Waals surface area contributed by atoms with Crippen molar-refractivity contribution in [1.82, 2.24) is 4.31 Å². The second-order valence-corrected chi connectivity index (χ2v) is 6.68.